The number of aromatic nitrogens is 2. The molecule has 0 aliphatic heterocycles. The minimum atomic E-state index is -0.801. The Morgan fingerprint density at radius 2 is 2.46 bits per heavy atom. The zero-order valence-corrected chi connectivity index (χ0v) is 7.29. The van der Waals surface area contributed by atoms with E-state index in [9.17, 15) is 4.79 Å². The van der Waals surface area contributed by atoms with Crippen LogP contribution in [-0.2, 0) is 11.2 Å². The van der Waals surface area contributed by atoms with E-state index >= 15 is 0 Å². The third-order valence-electron chi connectivity index (χ3n) is 2.62. The van der Waals surface area contributed by atoms with Gasteiger partial charge in [-0.05, 0) is 24.3 Å². The van der Waals surface area contributed by atoms with Crippen molar-refractivity contribution >= 4 is 5.97 Å². The van der Waals surface area contributed by atoms with Crippen molar-refractivity contribution in [1.82, 2.24) is 10.2 Å². The van der Waals surface area contributed by atoms with Crippen LogP contribution in [0, 0.1) is 0 Å². The van der Waals surface area contributed by atoms with Gasteiger partial charge < -0.3 is 5.11 Å². The minimum Gasteiger partial charge on any atom is -0.481 e. The summed E-state index contributed by atoms with van der Waals surface area (Å²) >= 11 is 0. The molecule has 0 unspecified atom stereocenters. The molecule has 0 radical (unpaired) electrons. The molecule has 4 nitrogen and oxygen atoms in total. The van der Waals surface area contributed by atoms with Crippen LogP contribution in [0.15, 0.2) is 6.20 Å². The highest BCUT2D eigenvalue weighted by Gasteiger charge is 2.23. The normalized spacial score (nSPS) is 16.9. The molecule has 1 aliphatic carbocycles. The number of H-pyrrole nitrogens is 1. The molecule has 4 heteroatoms. The van der Waals surface area contributed by atoms with Crippen molar-refractivity contribution in [2.75, 3.05) is 0 Å². The molecule has 1 aromatic heterocycles. The summed E-state index contributed by atoms with van der Waals surface area (Å²) in [5.41, 5.74) is 1.88. The van der Waals surface area contributed by atoms with E-state index in [0.717, 1.165) is 11.3 Å². The van der Waals surface area contributed by atoms with Gasteiger partial charge in [-0.25, -0.2) is 0 Å². The third kappa shape index (κ3) is 1.56. The molecule has 1 aliphatic rings. The van der Waals surface area contributed by atoms with Crippen LogP contribution < -0.4 is 0 Å². The molecule has 1 heterocycles. The zero-order valence-electron chi connectivity index (χ0n) is 7.29. The molecule has 1 aromatic rings. The number of rotatable bonds is 3. The van der Waals surface area contributed by atoms with E-state index in [4.69, 9.17) is 5.11 Å². The maximum Gasteiger partial charge on any atom is 0.309 e. The number of aliphatic carboxylic acids is 1. The van der Waals surface area contributed by atoms with E-state index in [1.165, 1.54) is 19.3 Å². The summed E-state index contributed by atoms with van der Waals surface area (Å²) in [6, 6.07) is 0. The first-order chi connectivity index (χ1) is 6.27. The van der Waals surface area contributed by atoms with E-state index in [2.05, 4.69) is 10.2 Å². The van der Waals surface area contributed by atoms with Gasteiger partial charge in [-0.3, -0.25) is 9.89 Å². The first kappa shape index (κ1) is 8.29. The summed E-state index contributed by atoms with van der Waals surface area (Å²) in [5.74, 6) is -0.252. The summed E-state index contributed by atoms with van der Waals surface area (Å²) < 4.78 is 0. The molecule has 0 saturated heterocycles. The molecule has 0 amide bonds. The van der Waals surface area contributed by atoms with Crippen molar-refractivity contribution in [2.45, 2.75) is 31.6 Å². The van der Waals surface area contributed by atoms with Crippen LogP contribution in [0.1, 0.15) is 36.4 Å². The smallest absolute Gasteiger partial charge is 0.309 e. The van der Waals surface area contributed by atoms with Gasteiger partial charge in [0.15, 0.2) is 0 Å². The average Bonchev–Trinajstić information content (AvgIpc) is 2.32. The number of nitrogens with one attached hydrogen (secondary N) is 1. The number of carboxylic acid groups (broad SMARTS) is 1. The fourth-order valence-corrected chi connectivity index (χ4v) is 1.69. The molecule has 0 bridgehead atoms. The van der Waals surface area contributed by atoms with Gasteiger partial charge in [0, 0.05) is 5.69 Å². The SMILES string of the molecule is O=C(O)Cc1[nH]ncc1C1CCC1. The van der Waals surface area contributed by atoms with E-state index in [-0.39, 0.29) is 6.42 Å². The van der Waals surface area contributed by atoms with Crippen LogP contribution in [0.5, 0.6) is 0 Å². The van der Waals surface area contributed by atoms with Gasteiger partial charge in [0.05, 0.1) is 12.6 Å². The van der Waals surface area contributed by atoms with Crippen molar-refractivity contribution in [3.05, 3.63) is 17.5 Å². The van der Waals surface area contributed by atoms with Gasteiger partial charge >= 0.3 is 5.97 Å². The van der Waals surface area contributed by atoms with Crippen LogP contribution >= 0.6 is 0 Å². The van der Waals surface area contributed by atoms with Crippen molar-refractivity contribution in [1.29, 1.82) is 0 Å². The second kappa shape index (κ2) is 3.20. The second-order valence-corrected chi connectivity index (χ2v) is 3.50. The van der Waals surface area contributed by atoms with E-state index < -0.39 is 5.97 Å². The van der Waals surface area contributed by atoms with Gasteiger partial charge in [0.25, 0.3) is 0 Å². The number of hydrogen-bond acceptors (Lipinski definition) is 2. The Hall–Kier alpha value is -1.32. The maximum atomic E-state index is 10.5. The minimum absolute atomic E-state index is 0.0613. The van der Waals surface area contributed by atoms with Crippen LogP contribution in [0.25, 0.3) is 0 Å². The van der Waals surface area contributed by atoms with Gasteiger partial charge in [0.2, 0.25) is 0 Å². The van der Waals surface area contributed by atoms with Crippen LogP contribution in [-0.4, -0.2) is 21.3 Å². The molecule has 0 spiro atoms. The van der Waals surface area contributed by atoms with Crippen molar-refractivity contribution in [3.8, 4) is 0 Å². The monoisotopic (exact) mass is 180 g/mol. The second-order valence-electron chi connectivity index (χ2n) is 3.50. The number of carbonyl (C=O) groups is 1. The summed E-state index contributed by atoms with van der Waals surface area (Å²) in [7, 11) is 0. The van der Waals surface area contributed by atoms with Gasteiger partial charge in [-0.1, -0.05) is 6.42 Å². The highest BCUT2D eigenvalue weighted by atomic mass is 16.4. The third-order valence-corrected chi connectivity index (χ3v) is 2.62. The predicted octanol–water partition coefficient (Wildman–Crippen LogP) is 1.30. The first-order valence-corrected chi connectivity index (χ1v) is 4.51. The van der Waals surface area contributed by atoms with E-state index in [0.29, 0.717) is 5.92 Å². The fourth-order valence-electron chi connectivity index (χ4n) is 1.69. The largest absolute Gasteiger partial charge is 0.481 e. The molecule has 0 aromatic carbocycles. The highest BCUT2D eigenvalue weighted by molar-refractivity contribution is 5.70. The topological polar surface area (TPSA) is 66.0 Å². The Kier molecular flexibility index (Phi) is 2.04. The Morgan fingerprint density at radius 3 is 3.00 bits per heavy atom. The lowest BCUT2D eigenvalue weighted by Gasteiger charge is -2.25. The molecule has 0 atom stereocenters. The summed E-state index contributed by atoms with van der Waals surface area (Å²) in [4.78, 5) is 10.5. The number of hydrogen-bond donors (Lipinski definition) is 2. The van der Waals surface area contributed by atoms with Gasteiger partial charge in [-0.2, -0.15) is 5.10 Å². The maximum absolute atomic E-state index is 10.5. The molecular formula is C9H12N2O2. The Balaban J connectivity index is 2.14. The first-order valence-electron chi connectivity index (χ1n) is 4.51. The van der Waals surface area contributed by atoms with Crippen molar-refractivity contribution < 1.29 is 9.90 Å². The van der Waals surface area contributed by atoms with Gasteiger partial charge in [0.1, 0.15) is 0 Å². The molecule has 2 N–H and O–H groups in total. The van der Waals surface area contributed by atoms with Gasteiger partial charge in [-0.15, -0.1) is 0 Å². The fraction of sp³-hybridized carbons (Fsp3) is 0.556. The Morgan fingerprint density at radius 1 is 1.69 bits per heavy atom. The molecule has 1 saturated carbocycles. The lowest BCUT2D eigenvalue weighted by molar-refractivity contribution is -0.136. The van der Waals surface area contributed by atoms with Crippen molar-refractivity contribution in [3.63, 3.8) is 0 Å². The quantitative estimate of drug-likeness (QED) is 0.736. The Labute approximate surface area is 76.0 Å². The molecule has 70 valence electrons. The van der Waals surface area contributed by atoms with E-state index in [1.807, 2.05) is 0 Å². The highest BCUT2D eigenvalue weighted by Crippen LogP contribution is 2.37. The summed E-state index contributed by atoms with van der Waals surface area (Å²) in [6.45, 7) is 0. The van der Waals surface area contributed by atoms with Crippen molar-refractivity contribution in [2.24, 2.45) is 0 Å². The summed E-state index contributed by atoms with van der Waals surface area (Å²) in [6.07, 6.45) is 5.43. The number of carboxylic acids is 1. The standard InChI is InChI=1S/C9H12N2O2/c12-9(13)4-8-7(5-10-11-8)6-2-1-3-6/h5-6H,1-4H2,(H,10,11)(H,12,13). The van der Waals surface area contributed by atoms with E-state index in [1.54, 1.807) is 6.20 Å². The average molecular weight is 180 g/mol. The Bertz CT molecular complexity index is 315. The summed E-state index contributed by atoms with van der Waals surface area (Å²) in [5, 5.41) is 15.3. The number of nitrogens with zero attached hydrogens (tertiary/aromatic N) is 1. The molecule has 13 heavy (non-hydrogen) atoms. The molecular weight excluding hydrogens is 168 g/mol. The van der Waals surface area contributed by atoms with Crippen LogP contribution in [0.3, 0.4) is 0 Å². The molecule has 2 rings (SSSR count). The lowest BCUT2D eigenvalue weighted by Crippen LogP contribution is -2.12. The van der Waals surface area contributed by atoms with Crippen LogP contribution in [0.2, 0.25) is 0 Å². The predicted molar refractivity (Wildman–Crippen MR) is 46.5 cm³/mol. The number of aromatic amines is 1. The lowest BCUT2D eigenvalue weighted by atomic mass is 9.80. The molecule has 1 fully saturated rings. The van der Waals surface area contributed by atoms with Crippen LogP contribution in [0.4, 0.5) is 0 Å². The zero-order chi connectivity index (χ0) is 9.26.